The first-order valence-electron chi connectivity index (χ1n) is 8.17. The number of carbonyl (C=O) groups excluding carboxylic acids is 2. The molecule has 1 aliphatic heterocycles. The third-order valence-corrected chi connectivity index (χ3v) is 4.22. The number of amides is 1. The van der Waals surface area contributed by atoms with Crippen molar-refractivity contribution in [3.05, 3.63) is 28.8 Å². The van der Waals surface area contributed by atoms with Gasteiger partial charge >= 0.3 is 5.97 Å². The molecule has 2 rings (SSSR count). The maximum Gasteiger partial charge on any atom is 0.307 e. The molecular weight excluding hydrogens is 330 g/mol. The van der Waals surface area contributed by atoms with Gasteiger partial charge in [-0.2, -0.15) is 0 Å². The van der Waals surface area contributed by atoms with E-state index in [0.29, 0.717) is 37.1 Å². The lowest BCUT2D eigenvalue weighted by molar-refractivity contribution is -0.143. The predicted molar refractivity (Wildman–Crippen MR) is 92.2 cm³/mol. The summed E-state index contributed by atoms with van der Waals surface area (Å²) < 4.78 is 10.4. The second-order valence-electron chi connectivity index (χ2n) is 6.47. The summed E-state index contributed by atoms with van der Waals surface area (Å²) in [4.78, 5) is 26.0. The summed E-state index contributed by atoms with van der Waals surface area (Å²) >= 11 is 6.03. The van der Waals surface area contributed by atoms with E-state index in [1.165, 1.54) is 7.11 Å². The van der Waals surface area contributed by atoms with Crippen molar-refractivity contribution in [2.75, 3.05) is 26.8 Å². The van der Waals surface area contributed by atoms with Gasteiger partial charge in [0.25, 0.3) is 0 Å². The third kappa shape index (κ3) is 4.87. The molecule has 0 bridgehead atoms. The molecule has 0 radical (unpaired) electrons. The molecule has 0 N–H and O–H groups in total. The molecule has 0 saturated heterocycles. The Bertz CT molecular complexity index is 603. The van der Waals surface area contributed by atoms with E-state index in [9.17, 15) is 9.59 Å². The zero-order valence-electron chi connectivity index (χ0n) is 14.4. The van der Waals surface area contributed by atoms with Gasteiger partial charge in [0.2, 0.25) is 5.91 Å². The first-order valence-corrected chi connectivity index (χ1v) is 8.55. The Labute approximate surface area is 147 Å². The van der Waals surface area contributed by atoms with E-state index in [0.717, 1.165) is 11.3 Å². The minimum Gasteiger partial charge on any atom is -0.492 e. The van der Waals surface area contributed by atoms with Gasteiger partial charge in [-0.05, 0) is 36.1 Å². The number of halogens is 1. The van der Waals surface area contributed by atoms with Gasteiger partial charge in [-0.1, -0.05) is 25.4 Å². The zero-order chi connectivity index (χ0) is 17.7. The van der Waals surface area contributed by atoms with E-state index >= 15 is 0 Å². The number of hydrogen-bond acceptors (Lipinski definition) is 4. The molecule has 1 aliphatic rings. The van der Waals surface area contributed by atoms with Crippen LogP contribution in [-0.2, 0) is 20.7 Å². The Morgan fingerprint density at radius 2 is 2.17 bits per heavy atom. The van der Waals surface area contributed by atoms with Gasteiger partial charge in [0.1, 0.15) is 12.4 Å². The normalized spacial score (nSPS) is 16.3. The van der Waals surface area contributed by atoms with Crippen molar-refractivity contribution in [3.63, 3.8) is 0 Å². The van der Waals surface area contributed by atoms with E-state index in [2.05, 4.69) is 4.74 Å². The van der Waals surface area contributed by atoms with Gasteiger partial charge in [-0.3, -0.25) is 9.59 Å². The van der Waals surface area contributed by atoms with Crippen molar-refractivity contribution in [3.8, 4) is 5.75 Å². The SMILES string of the molecule is COC(=O)CCN(CC(C)C)C(=O)C1COc2ccc(Cl)cc2C1. The molecule has 0 fully saturated rings. The van der Waals surface area contributed by atoms with Crippen LogP contribution in [-0.4, -0.2) is 43.6 Å². The molecule has 24 heavy (non-hydrogen) atoms. The standard InChI is InChI=1S/C18H24ClNO4/c1-12(2)10-20(7-6-17(21)23-3)18(22)14-8-13-9-15(19)4-5-16(13)24-11-14/h4-5,9,12,14H,6-8,10-11H2,1-3H3. The molecule has 1 atom stereocenters. The summed E-state index contributed by atoms with van der Waals surface area (Å²) in [6.45, 7) is 5.41. The lowest BCUT2D eigenvalue weighted by Gasteiger charge is -2.31. The first kappa shape index (κ1) is 18.6. The molecule has 0 aliphatic carbocycles. The molecule has 1 aromatic rings. The number of nitrogens with zero attached hydrogens (tertiary/aromatic N) is 1. The molecule has 1 amide bonds. The number of ether oxygens (including phenoxy) is 2. The van der Waals surface area contributed by atoms with Gasteiger partial charge in [0, 0.05) is 18.1 Å². The van der Waals surface area contributed by atoms with E-state index in [-0.39, 0.29) is 24.2 Å². The summed E-state index contributed by atoms with van der Waals surface area (Å²) in [5, 5.41) is 0.634. The first-order chi connectivity index (χ1) is 11.4. The summed E-state index contributed by atoms with van der Waals surface area (Å²) in [7, 11) is 1.35. The molecule has 0 saturated carbocycles. The minimum absolute atomic E-state index is 0.0122. The predicted octanol–water partition coefficient (Wildman–Crippen LogP) is 2.94. The molecule has 1 unspecified atom stereocenters. The monoisotopic (exact) mass is 353 g/mol. The van der Waals surface area contributed by atoms with Crippen LogP contribution in [0, 0.1) is 11.8 Å². The molecular formula is C18H24ClNO4. The van der Waals surface area contributed by atoms with Crippen LogP contribution in [0.5, 0.6) is 5.75 Å². The van der Waals surface area contributed by atoms with E-state index < -0.39 is 0 Å². The Balaban J connectivity index is 2.07. The molecule has 132 valence electrons. The molecule has 1 aromatic carbocycles. The van der Waals surface area contributed by atoms with Crippen molar-refractivity contribution in [2.45, 2.75) is 26.7 Å². The van der Waals surface area contributed by atoms with E-state index in [4.69, 9.17) is 16.3 Å². The van der Waals surface area contributed by atoms with Gasteiger partial charge in [0.05, 0.1) is 19.4 Å². The molecule has 0 spiro atoms. The van der Waals surface area contributed by atoms with Crippen LogP contribution in [0.15, 0.2) is 18.2 Å². The zero-order valence-corrected chi connectivity index (χ0v) is 15.1. The van der Waals surface area contributed by atoms with Crippen LogP contribution >= 0.6 is 11.6 Å². The Hall–Kier alpha value is -1.75. The number of methoxy groups -OCH3 is 1. The largest absolute Gasteiger partial charge is 0.492 e. The smallest absolute Gasteiger partial charge is 0.307 e. The number of rotatable bonds is 6. The Morgan fingerprint density at radius 3 is 2.83 bits per heavy atom. The highest BCUT2D eigenvalue weighted by atomic mass is 35.5. The van der Waals surface area contributed by atoms with Crippen LogP contribution < -0.4 is 4.74 Å². The van der Waals surface area contributed by atoms with Crippen molar-refractivity contribution in [1.29, 1.82) is 0 Å². The summed E-state index contributed by atoms with van der Waals surface area (Å²) in [5.41, 5.74) is 0.949. The lowest BCUT2D eigenvalue weighted by atomic mass is 9.95. The van der Waals surface area contributed by atoms with Crippen LogP contribution in [0.2, 0.25) is 5.02 Å². The number of carbonyl (C=O) groups is 2. The number of hydrogen-bond donors (Lipinski definition) is 0. The average molecular weight is 354 g/mol. The second-order valence-corrected chi connectivity index (χ2v) is 6.90. The van der Waals surface area contributed by atoms with Crippen molar-refractivity contribution in [2.24, 2.45) is 11.8 Å². The van der Waals surface area contributed by atoms with Crippen LogP contribution in [0.3, 0.4) is 0 Å². The average Bonchev–Trinajstić information content (AvgIpc) is 2.56. The molecule has 5 nitrogen and oxygen atoms in total. The molecule has 1 heterocycles. The summed E-state index contributed by atoms with van der Waals surface area (Å²) in [6.07, 6.45) is 0.798. The molecule has 0 aromatic heterocycles. The van der Waals surface area contributed by atoms with Crippen LogP contribution in [0.1, 0.15) is 25.8 Å². The summed E-state index contributed by atoms with van der Waals surface area (Å²) in [6, 6.07) is 5.46. The van der Waals surface area contributed by atoms with Gasteiger partial charge in [-0.25, -0.2) is 0 Å². The fraction of sp³-hybridized carbons (Fsp3) is 0.556. The van der Waals surface area contributed by atoms with Crippen LogP contribution in [0.25, 0.3) is 0 Å². The van der Waals surface area contributed by atoms with Gasteiger partial charge in [0.15, 0.2) is 0 Å². The third-order valence-electron chi connectivity index (χ3n) is 3.99. The van der Waals surface area contributed by atoms with E-state index in [1.54, 1.807) is 11.0 Å². The Morgan fingerprint density at radius 1 is 1.42 bits per heavy atom. The van der Waals surface area contributed by atoms with Crippen molar-refractivity contribution in [1.82, 2.24) is 4.90 Å². The fourth-order valence-corrected chi connectivity index (χ4v) is 3.04. The fourth-order valence-electron chi connectivity index (χ4n) is 2.84. The quantitative estimate of drug-likeness (QED) is 0.738. The Kier molecular flexibility index (Phi) is 6.49. The lowest BCUT2D eigenvalue weighted by Crippen LogP contribution is -2.43. The highest BCUT2D eigenvalue weighted by Crippen LogP contribution is 2.30. The van der Waals surface area contributed by atoms with Gasteiger partial charge in [-0.15, -0.1) is 0 Å². The summed E-state index contributed by atoms with van der Waals surface area (Å²) in [5.74, 6) is 0.547. The highest BCUT2D eigenvalue weighted by molar-refractivity contribution is 6.30. The van der Waals surface area contributed by atoms with Gasteiger partial charge < -0.3 is 14.4 Å². The van der Waals surface area contributed by atoms with Crippen molar-refractivity contribution >= 4 is 23.5 Å². The topological polar surface area (TPSA) is 55.8 Å². The number of esters is 1. The minimum atomic E-state index is -0.312. The number of benzene rings is 1. The van der Waals surface area contributed by atoms with Crippen LogP contribution in [0.4, 0.5) is 0 Å². The second kappa shape index (κ2) is 8.38. The van der Waals surface area contributed by atoms with E-state index in [1.807, 2.05) is 26.0 Å². The molecule has 6 heteroatoms. The highest BCUT2D eigenvalue weighted by Gasteiger charge is 2.30. The maximum atomic E-state index is 12.9. The maximum absolute atomic E-state index is 12.9. The number of fused-ring (bicyclic) bond motifs is 1. The van der Waals surface area contributed by atoms with Crippen molar-refractivity contribution < 1.29 is 19.1 Å².